The molecule has 138 valence electrons. The second-order valence-corrected chi connectivity index (χ2v) is 7.39. The SMILES string of the molecule is CNC(=O)[C@H](C)N(Cc1ccccc1Cl)C(=O)CCSc1ccccc1. The summed E-state index contributed by atoms with van der Waals surface area (Å²) in [6, 6.07) is 16.8. The van der Waals surface area contributed by atoms with Gasteiger partial charge in [-0.25, -0.2) is 0 Å². The van der Waals surface area contributed by atoms with E-state index in [0.29, 0.717) is 23.7 Å². The summed E-state index contributed by atoms with van der Waals surface area (Å²) in [5.74, 6) is 0.396. The van der Waals surface area contributed by atoms with E-state index in [0.717, 1.165) is 10.5 Å². The van der Waals surface area contributed by atoms with Gasteiger partial charge in [0.2, 0.25) is 11.8 Å². The van der Waals surface area contributed by atoms with Crippen molar-refractivity contribution in [3.63, 3.8) is 0 Å². The molecule has 0 aromatic heterocycles. The molecule has 0 unspecified atom stereocenters. The first-order valence-corrected chi connectivity index (χ1v) is 9.81. The van der Waals surface area contributed by atoms with Gasteiger partial charge in [-0.1, -0.05) is 48.0 Å². The van der Waals surface area contributed by atoms with Crippen LogP contribution in [0.4, 0.5) is 0 Å². The molecule has 1 N–H and O–H groups in total. The first kappa shape index (κ1) is 20.3. The fraction of sp³-hybridized carbons (Fsp3) is 0.300. The largest absolute Gasteiger partial charge is 0.357 e. The Kier molecular flexibility index (Phi) is 8.01. The average Bonchev–Trinajstić information content (AvgIpc) is 2.67. The lowest BCUT2D eigenvalue weighted by Crippen LogP contribution is -2.46. The molecule has 4 nitrogen and oxygen atoms in total. The number of halogens is 1. The number of hydrogen-bond acceptors (Lipinski definition) is 3. The summed E-state index contributed by atoms with van der Waals surface area (Å²) < 4.78 is 0. The van der Waals surface area contributed by atoms with Crippen molar-refractivity contribution < 1.29 is 9.59 Å². The van der Waals surface area contributed by atoms with Gasteiger partial charge in [0.25, 0.3) is 0 Å². The Labute approximate surface area is 163 Å². The van der Waals surface area contributed by atoms with Crippen molar-refractivity contribution in [2.45, 2.75) is 30.8 Å². The molecule has 6 heteroatoms. The molecule has 0 aliphatic heterocycles. The molecule has 0 radical (unpaired) electrons. The first-order valence-electron chi connectivity index (χ1n) is 8.45. The van der Waals surface area contributed by atoms with E-state index in [-0.39, 0.29) is 11.8 Å². The van der Waals surface area contributed by atoms with Crippen LogP contribution in [-0.2, 0) is 16.1 Å². The normalized spacial score (nSPS) is 11.7. The maximum Gasteiger partial charge on any atom is 0.242 e. The van der Waals surface area contributed by atoms with Gasteiger partial charge in [0.05, 0.1) is 0 Å². The van der Waals surface area contributed by atoms with Gasteiger partial charge in [-0.15, -0.1) is 11.8 Å². The van der Waals surface area contributed by atoms with Gasteiger partial charge in [0.1, 0.15) is 6.04 Å². The second kappa shape index (κ2) is 10.2. The van der Waals surface area contributed by atoms with Gasteiger partial charge < -0.3 is 10.2 Å². The van der Waals surface area contributed by atoms with E-state index >= 15 is 0 Å². The molecule has 2 aromatic rings. The predicted octanol–water partition coefficient (Wildman–Crippen LogP) is 3.99. The number of likely N-dealkylation sites (N-methyl/N-ethyl adjacent to an activating group) is 1. The minimum Gasteiger partial charge on any atom is -0.357 e. The maximum absolute atomic E-state index is 12.8. The van der Waals surface area contributed by atoms with E-state index in [9.17, 15) is 9.59 Å². The van der Waals surface area contributed by atoms with Crippen LogP contribution in [0.3, 0.4) is 0 Å². The predicted molar refractivity (Wildman–Crippen MR) is 107 cm³/mol. The smallest absolute Gasteiger partial charge is 0.242 e. The van der Waals surface area contributed by atoms with Gasteiger partial charge in [-0.05, 0) is 30.7 Å². The molecule has 26 heavy (non-hydrogen) atoms. The van der Waals surface area contributed by atoms with Gasteiger partial charge in [0, 0.05) is 35.7 Å². The molecule has 0 fully saturated rings. The van der Waals surface area contributed by atoms with E-state index < -0.39 is 6.04 Å². The Morgan fingerprint density at radius 1 is 1.12 bits per heavy atom. The lowest BCUT2D eigenvalue weighted by molar-refractivity contribution is -0.140. The quantitative estimate of drug-likeness (QED) is 0.693. The monoisotopic (exact) mass is 390 g/mol. The van der Waals surface area contributed by atoms with Gasteiger partial charge in [-0.2, -0.15) is 0 Å². The van der Waals surface area contributed by atoms with Crippen molar-refractivity contribution in [3.05, 3.63) is 65.2 Å². The maximum atomic E-state index is 12.8. The summed E-state index contributed by atoms with van der Waals surface area (Å²) in [6.07, 6.45) is 0.353. The number of hydrogen-bond donors (Lipinski definition) is 1. The number of rotatable bonds is 8. The van der Waals surface area contributed by atoms with Crippen LogP contribution >= 0.6 is 23.4 Å². The van der Waals surface area contributed by atoms with Crippen molar-refractivity contribution in [1.82, 2.24) is 10.2 Å². The van der Waals surface area contributed by atoms with Gasteiger partial charge in [-0.3, -0.25) is 9.59 Å². The Morgan fingerprint density at radius 2 is 1.77 bits per heavy atom. The molecule has 0 aliphatic carbocycles. The molecule has 1 atom stereocenters. The van der Waals surface area contributed by atoms with Crippen molar-refractivity contribution >= 4 is 35.2 Å². The zero-order valence-corrected chi connectivity index (χ0v) is 16.5. The van der Waals surface area contributed by atoms with Gasteiger partial charge in [0.15, 0.2) is 0 Å². The van der Waals surface area contributed by atoms with Crippen LogP contribution in [0.5, 0.6) is 0 Å². The zero-order valence-electron chi connectivity index (χ0n) is 14.9. The molecule has 0 aliphatic rings. The fourth-order valence-corrected chi connectivity index (χ4v) is 3.58. The third-order valence-corrected chi connectivity index (χ3v) is 5.42. The third kappa shape index (κ3) is 5.78. The minimum absolute atomic E-state index is 0.0653. The highest BCUT2D eigenvalue weighted by atomic mass is 35.5. The molecule has 0 heterocycles. The standard InChI is InChI=1S/C20H23ClN2O2S/c1-15(20(25)22-2)23(14-16-8-6-7-11-18(16)21)19(24)12-13-26-17-9-4-3-5-10-17/h3-11,15H,12-14H2,1-2H3,(H,22,25)/t15-/m0/s1. The summed E-state index contributed by atoms with van der Waals surface area (Å²) in [5, 5.41) is 3.20. The van der Waals surface area contributed by atoms with E-state index in [1.165, 1.54) is 0 Å². The van der Waals surface area contributed by atoms with Crippen LogP contribution in [0, 0.1) is 0 Å². The molecule has 0 saturated carbocycles. The van der Waals surface area contributed by atoms with Crippen molar-refractivity contribution in [1.29, 1.82) is 0 Å². The van der Waals surface area contributed by atoms with E-state index in [4.69, 9.17) is 11.6 Å². The van der Waals surface area contributed by atoms with Crippen LogP contribution in [0.2, 0.25) is 5.02 Å². The van der Waals surface area contributed by atoms with Crippen LogP contribution < -0.4 is 5.32 Å². The number of benzene rings is 2. The number of carbonyl (C=O) groups is 2. The van der Waals surface area contributed by atoms with E-state index in [2.05, 4.69) is 5.32 Å². The zero-order chi connectivity index (χ0) is 18.9. The van der Waals surface area contributed by atoms with Crippen LogP contribution in [-0.4, -0.2) is 35.6 Å². The van der Waals surface area contributed by atoms with Crippen LogP contribution in [0.1, 0.15) is 18.9 Å². The van der Waals surface area contributed by atoms with E-state index in [1.54, 1.807) is 36.7 Å². The van der Waals surface area contributed by atoms with Gasteiger partial charge >= 0.3 is 0 Å². The molecule has 2 amide bonds. The third-order valence-electron chi connectivity index (χ3n) is 4.04. The van der Waals surface area contributed by atoms with Crippen molar-refractivity contribution in [2.75, 3.05) is 12.8 Å². The molecule has 0 bridgehead atoms. The minimum atomic E-state index is -0.564. The highest BCUT2D eigenvalue weighted by molar-refractivity contribution is 7.99. The summed E-state index contributed by atoms with van der Waals surface area (Å²) >= 11 is 7.86. The van der Waals surface area contributed by atoms with Crippen LogP contribution in [0.15, 0.2) is 59.5 Å². The molecular weight excluding hydrogens is 368 g/mol. The lowest BCUT2D eigenvalue weighted by Gasteiger charge is -2.28. The molecule has 2 rings (SSSR count). The highest BCUT2D eigenvalue weighted by Gasteiger charge is 2.25. The molecule has 0 saturated heterocycles. The summed E-state index contributed by atoms with van der Waals surface area (Å²) in [7, 11) is 1.57. The second-order valence-electron chi connectivity index (χ2n) is 5.81. The number of nitrogens with one attached hydrogen (secondary N) is 1. The van der Waals surface area contributed by atoms with E-state index in [1.807, 2.05) is 48.5 Å². The average molecular weight is 391 g/mol. The summed E-state index contributed by atoms with van der Waals surface area (Å²) in [5.41, 5.74) is 0.828. The Bertz CT molecular complexity index is 740. The number of amides is 2. The molecule has 2 aromatic carbocycles. The summed E-state index contributed by atoms with van der Waals surface area (Å²) in [6.45, 7) is 2.04. The summed E-state index contributed by atoms with van der Waals surface area (Å²) in [4.78, 5) is 27.6. The number of nitrogens with zero attached hydrogens (tertiary/aromatic N) is 1. The Hall–Kier alpha value is -1.98. The Balaban J connectivity index is 2.05. The molecule has 0 spiro atoms. The number of thioether (sulfide) groups is 1. The van der Waals surface area contributed by atoms with Crippen molar-refractivity contribution in [3.8, 4) is 0 Å². The highest BCUT2D eigenvalue weighted by Crippen LogP contribution is 2.21. The number of carbonyl (C=O) groups excluding carboxylic acids is 2. The van der Waals surface area contributed by atoms with Crippen LogP contribution in [0.25, 0.3) is 0 Å². The first-order chi connectivity index (χ1) is 12.5. The van der Waals surface area contributed by atoms with Crippen molar-refractivity contribution in [2.24, 2.45) is 0 Å². The lowest BCUT2D eigenvalue weighted by atomic mass is 10.1. The molecular formula is C20H23ClN2O2S. The fourth-order valence-electron chi connectivity index (χ4n) is 2.52. The Morgan fingerprint density at radius 3 is 2.42 bits per heavy atom. The topological polar surface area (TPSA) is 49.4 Å².